The minimum atomic E-state index is -3.79. The molecule has 0 amide bonds. The van der Waals surface area contributed by atoms with Gasteiger partial charge in [0.15, 0.2) is 0 Å². The van der Waals surface area contributed by atoms with Crippen molar-refractivity contribution in [1.82, 2.24) is 9.71 Å². The van der Waals surface area contributed by atoms with Gasteiger partial charge in [0, 0.05) is 19.9 Å². The normalized spacial score (nSPS) is 13.6. The molecule has 8 heteroatoms. The molecule has 17 heavy (non-hydrogen) atoms. The van der Waals surface area contributed by atoms with E-state index in [9.17, 15) is 12.8 Å². The van der Waals surface area contributed by atoms with Crippen LogP contribution in [0, 0.1) is 5.82 Å². The van der Waals surface area contributed by atoms with Gasteiger partial charge in [-0.15, -0.1) is 11.6 Å². The van der Waals surface area contributed by atoms with Gasteiger partial charge < -0.3 is 4.74 Å². The van der Waals surface area contributed by atoms with Gasteiger partial charge in [-0.3, -0.25) is 4.98 Å². The Kier molecular flexibility index (Phi) is 5.26. The average molecular weight is 283 g/mol. The molecule has 1 aromatic heterocycles. The number of pyridine rings is 1. The minimum absolute atomic E-state index is 0.00571. The van der Waals surface area contributed by atoms with Crippen molar-refractivity contribution in [3.05, 3.63) is 24.3 Å². The fourth-order valence-electron chi connectivity index (χ4n) is 1.06. The molecule has 0 aliphatic rings. The molecule has 0 fully saturated rings. The molecule has 0 aromatic carbocycles. The van der Waals surface area contributed by atoms with Crippen LogP contribution in [-0.4, -0.2) is 39.0 Å². The van der Waals surface area contributed by atoms with E-state index in [1.807, 2.05) is 0 Å². The average Bonchev–Trinajstić information content (AvgIpc) is 2.27. The Labute approximate surface area is 104 Å². The van der Waals surface area contributed by atoms with Gasteiger partial charge in [-0.05, 0) is 6.07 Å². The summed E-state index contributed by atoms with van der Waals surface area (Å²) in [4.78, 5) is 3.22. The Morgan fingerprint density at radius 1 is 1.59 bits per heavy atom. The summed E-state index contributed by atoms with van der Waals surface area (Å²) in [5.74, 6) is -0.716. The maximum Gasteiger partial charge on any atom is 0.242 e. The van der Waals surface area contributed by atoms with Crippen LogP contribution >= 0.6 is 11.6 Å². The van der Waals surface area contributed by atoms with Crippen LogP contribution in [0.5, 0.6) is 0 Å². The van der Waals surface area contributed by atoms with Crippen molar-refractivity contribution >= 4 is 21.6 Å². The number of nitrogens with zero attached hydrogens (tertiary/aromatic N) is 1. The van der Waals surface area contributed by atoms with E-state index in [1.165, 1.54) is 7.11 Å². The maximum atomic E-state index is 12.8. The van der Waals surface area contributed by atoms with Crippen molar-refractivity contribution < 1.29 is 17.5 Å². The lowest BCUT2D eigenvalue weighted by Gasteiger charge is -2.10. The van der Waals surface area contributed by atoms with Gasteiger partial charge in [-0.1, -0.05) is 0 Å². The van der Waals surface area contributed by atoms with Gasteiger partial charge in [0.1, 0.15) is 10.7 Å². The van der Waals surface area contributed by atoms with Crippen molar-refractivity contribution in [2.45, 2.75) is 10.3 Å². The fraction of sp³-hybridized carbons (Fsp3) is 0.444. The number of nitrogens with one attached hydrogen (secondary N) is 1. The lowest BCUT2D eigenvalue weighted by atomic mass is 10.5. The Balaban J connectivity index is 2.69. The fourth-order valence-corrected chi connectivity index (χ4v) is 2.41. The van der Waals surface area contributed by atoms with Gasteiger partial charge in [-0.2, -0.15) is 0 Å². The standard InChI is InChI=1S/C9H12ClFN2O3S/c1-16-6-7(10)3-13-17(14,15)9-2-8(11)4-12-5-9/h2,4-5,7,13H,3,6H2,1H3. The Hall–Kier alpha value is -0.760. The predicted octanol–water partition coefficient (Wildman–Crippen LogP) is 0.753. The predicted molar refractivity (Wildman–Crippen MR) is 60.9 cm³/mol. The van der Waals surface area contributed by atoms with Crippen molar-refractivity contribution in [3.8, 4) is 0 Å². The number of methoxy groups -OCH3 is 1. The first kappa shape index (κ1) is 14.3. The lowest BCUT2D eigenvalue weighted by molar-refractivity contribution is 0.198. The molecule has 0 aliphatic carbocycles. The van der Waals surface area contributed by atoms with Crippen LogP contribution in [0.3, 0.4) is 0 Å². The van der Waals surface area contributed by atoms with E-state index >= 15 is 0 Å². The molecule has 0 bridgehead atoms. The van der Waals surface area contributed by atoms with Gasteiger partial charge in [0.2, 0.25) is 10.0 Å². The van der Waals surface area contributed by atoms with E-state index in [2.05, 4.69) is 9.71 Å². The summed E-state index contributed by atoms with van der Waals surface area (Å²) < 4.78 is 43.2. The van der Waals surface area contributed by atoms with E-state index in [4.69, 9.17) is 16.3 Å². The summed E-state index contributed by atoms with van der Waals surface area (Å²) >= 11 is 5.76. The van der Waals surface area contributed by atoms with Crippen molar-refractivity contribution in [3.63, 3.8) is 0 Å². The zero-order valence-corrected chi connectivity index (χ0v) is 10.6. The van der Waals surface area contributed by atoms with Crippen molar-refractivity contribution in [2.75, 3.05) is 20.3 Å². The highest BCUT2D eigenvalue weighted by atomic mass is 35.5. The summed E-state index contributed by atoms with van der Waals surface area (Å²) in [5.41, 5.74) is 0. The molecule has 0 spiro atoms. The second kappa shape index (κ2) is 6.25. The summed E-state index contributed by atoms with van der Waals surface area (Å²) in [5, 5.41) is -0.490. The molecule has 5 nitrogen and oxygen atoms in total. The molecular formula is C9H12ClFN2O3S. The quantitative estimate of drug-likeness (QED) is 0.782. The van der Waals surface area contributed by atoms with Crippen LogP contribution in [0.25, 0.3) is 0 Å². The number of ether oxygens (including phenoxy) is 1. The zero-order chi connectivity index (χ0) is 12.9. The van der Waals surface area contributed by atoms with Crippen molar-refractivity contribution in [1.29, 1.82) is 0 Å². The Morgan fingerprint density at radius 2 is 2.29 bits per heavy atom. The topological polar surface area (TPSA) is 68.3 Å². The third kappa shape index (κ3) is 4.55. The smallest absolute Gasteiger partial charge is 0.242 e. The van der Waals surface area contributed by atoms with E-state index in [-0.39, 0.29) is 18.0 Å². The monoisotopic (exact) mass is 282 g/mol. The van der Waals surface area contributed by atoms with E-state index in [1.54, 1.807) is 0 Å². The molecule has 1 rings (SSSR count). The number of rotatable bonds is 6. The van der Waals surface area contributed by atoms with Gasteiger partial charge in [0.05, 0.1) is 18.2 Å². The van der Waals surface area contributed by atoms with E-state index in [0.29, 0.717) is 0 Å². The molecule has 1 unspecified atom stereocenters. The number of hydrogen-bond donors (Lipinski definition) is 1. The van der Waals surface area contributed by atoms with Crippen LogP contribution in [0.4, 0.5) is 4.39 Å². The highest BCUT2D eigenvalue weighted by molar-refractivity contribution is 7.89. The van der Waals surface area contributed by atoms with Crippen LogP contribution in [0.1, 0.15) is 0 Å². The summed E-state index contributed by atoms with van der Waals surface area (Å²) in [6.07, 6.45) is 1.99. The summed E-state index contributed by atoms with van der Waals surface area (Å²) in [7, 11) is -2.33. The third-order valence-electron chi connectivity index (χ3n) is 1.83. The molecule has 0 radical (unpaired) electrons. The number of aromatic nitrogens is 1. The van der Waals surface area contributed by atoms with E-state index in [0.717, 1.165) is 18.5 Å². The number of alkyl halides is 1. The first-order valence-electron chi connectivity index (χ1n) is 4.69. The maximum absolute atomic E-state index is 12.8. The van der Waals surface area contributed by atoms with Crippen LogP contribution in [0.15, 0.2) is 23.4 Å². The van der Waals surface area contributed by atoms with Gasteiger partial charge >= 0.3 is 0 Å². The molecule has 96 valence electrons. The summed E-state index contributed by atoms with van der Waals surface area (Å²) in [6, 6.07) is 0.884. The largest absolute Gasteiger partial charge is 0.383 e. The summed E-state index contributed by atoms with van der Waals surface area (Å²) in [6.45, 7) is 0.208. The second-order valence-corrected chi connectivity index (χ2v) is 5.63. The number of sulfonamides is 1. The van der Waals surface area contributed by atoms with Crippen molar-refractivity contribution in [2.24, 2.45) is 0 Å². The zero-order valence-electron chi connectivity index (χ0n) is 9.06. The minimum Gasteiger partial charge on any atom is -0.383 e. The van der Waals surface area contributed by atoms with E-state index < -0.39 is 21.2 Å². The van der Waals surface area contributed by atoms with Gasteiger partial charge in [0.25, 0.3) is 0 Å². The molecule has 1 heterocycles. The van der Waals surface area contributed by atoms with Gasteiger partial charge in [-0.25, -0.2) is 17.5 Å². The molecule has 1 aromatic rings. The second-order valence-electron chi connectivity index (χ2n) is 3.24. The SMILES string of the molecule is COCC(Cl)CNS(=O)(=O)c1cncc(F)c1. The first-order valence-corrected chi connectivity index (χ1v) is 6.61. The van der Waals surface area contributed by atoms with Crippen LogP contribution in [0.2, 0.25) is 0 Å². The van der Waals surface area contributed by atoms with Crippen LogP contribution in [-0.2, 0) is 14.8 Å². The highest BCUT2D eigenvalue weighted by Gasteiger charge is 2.16. The lowest BCUT2D eigenvalue weighted by Crippen LogP contribution is -2.31. The molecule has 1 atom stereocenters. The Morgan fingerprint density at radius 3 is 2.88 bits per heavy atom. The van der Waals surface area contributed by atoms with Crippen LogP contribution < -0.4 is 4.72 Å². The Bertz CT molecular complexity index is 469. The molecule has 0 saturated heterocycles. The highest BCUT2D eigenvalue weighted by Crippen LogP contribution is 2.08. The molecule has 1 N–H and O–H groups in total. The molecular weight excluding hydrogens is 271 g/mol. The molecule has 0 aliphatic heterocycles. The third-order valence-corrected chi connectivity index (χ3v) is 3.50. The number of hydrogen-bond acceptors (Lipinski definition) is 4. The number of halogens is 2. The molecule has 0 saturated carbocycles. The first-order chi connectivity index (χ1) is 7.95.